The first kappa shape index (κ1) is 18.8. The average molecular weight is 367 g/mol. The van der Waals surface area contributed by atoms with E-state index in [1.54, 1.807) is 4.90 Å². The third kappa shape index (κ3) is 5.23. The Balaban J connectivity index is 1.43. The van der Waals surface area contributed by atoms with Gasteiger partial charge in [-0.1, -0.05) is 24.3 Å². The Morgan fingerprint density at radius 1 is 1.19 bits per heavy atom. The molecule has 27 heavy (non-hydrogen) atoms. The average Bonchev–Trinajstić information content (AvgIpc) is 3.09. The molecule has 6 nitrogen and oxygen atoms in total. The fourth-order valence-corrected chi connectivity index (χ4v) is 3.06. The van der Waals surface area contributed by atoms with Gasteiger partial charge in [0.05, 0.1) is 24.5 Å². The first-order chi connectivity index (χ1) is 13.1. The van der Waals surface area contributed by atoms with Crippen molar-refractivity contribution in [3.8, 4) is 5.75 Å². The van der Waals surface area contributed by atoms with E-state index >= 15 is 0 Å². The van der Waals surface area contributed by atoms with Crippen LogP contribution in [0.25, 0.3) is 0 Å². The summed E-state index contributed by atoms with van der Waals surface area (Å²) in [6.45, 7) is 3.71. The van der Waals surface area contributed by atoms with Gasteiger partial charge in [-0.05, 0) is 43.2 Å². The molecular formula is C21H25N3O3. The van der Waals surface area contributed by atoms with Crippen LogP contribution in [0.5, 0.6) is 5.75 Å². The third-order valence-corrected chi connectivity index (χ3v) is 4.39. The highest BCUT2D eigenvalue weighted by Gasteiger charge is 2.23. The summed E-state index contributed by atoms with van der Waals surface area (Å²) in [4.78, 5) is 25.8. The van der Waals surface area contributed by atoms with Crippen LogP contribution in [0.3, 0.4) is 0 Å². The summed E-state index contributed by atoms with van der Waals surface area (Å²) < 4.78 is 5.62. The highest BCUT2D eigenvalue weighted by molar-refractivity contribution is 5.98. The zero-order valence-electron chi connectivity index (χ0n) is 15.5. The second-order valence-electron chi connectivity index (χ2n) is 6.53. The van der Waals surface area contributed by atoms with E-state index in [1.165, 1.54) is 0 Å². The molecule has 2 N–H and O–H groups in total. The SMILES string of the molecule is Cc1cccc(OCCNC(=O)CNc2ccccc2N2CCCC2=O)c1. The van der Waals surface area contributed by atoms with Crippen LogP contribution in [0.15, 0.2) is 48.5 Å². The Morgan fingerprint density at radius 2 is 2.04 bits per heavy atom. The number of aryl methyl sites for hydroxylation is 1. The molecule has 6 heteroatoms. The van der Waals surface area contributed by atoms with E-state index in [9.17, 15) is 9.59 Å². The molecule has 0 spiro atoms. The smallest absolute Gasteiger partial charge is 0.239 e. The number of para-hydroxylation sites is 2. The predicted molar refractivity (Wildman–Crippen MR) is 106 cm³/mol. The van der Waals surface area contributed by atoms with Gasteiger partial charge in [0, 0.05) is 13.0 Å². The molecule has 0 aromatic heterocycles. The maximum Gasteiger partial charge on any atom is 0.239 e. The molecule has 0 saturated carbocycles. The lowest BCUT2D eigenvalue weighted by molar-refractivity contribution is -0.119. The van der Waals surface area contributed by atoms with Crippen molar-refractivity contribution in [2.75, 3.05) is 36.5 Å². The van der Waals surface area contributed by atoms with Crippen molar-refractivity contribution in [2.24, 2.45) is 0 Å². The van der Waals surface area contributed by atoms with Crippen molar-refractivity contribution in [1.82, 2.24) is 5.32 Å². The van der Waals surface area contributed by atoms with Gasteiger partial charge in [0.15, 0.2) is 0 Å². The van der Waals surface area contributed by atoms with Gasteiger partial charge in [-0.15, -0.1) is 0 Å². The van der Waals surface area contributed by atoms with E-state index in [4.69, 9.17) is 4.74 Å². The number of hydrogen-bond donors (Lipinski definition) is 2. The van der Waals surface area contributed by atoms with Crippen molar-refractivity contribution in [2.45, 2.75) is 19.8 Å². The second kappa shape index (κ2) is 9.07. The highest BCUT2D eigenvalue weighted by Crippen LogP contribution is 2.29. The van der Waals surface area contributed by atoms with Crippen molar-refractivity contribution < 1.29 is 14.3 Å². The number of anilines is 2. The molecule has 3 rings (SSSR count). The summed E-state index contributed by atoms with van der Waals surface area (Å²) in [5.41, 5.74) is 2.75. The number of amides is 2. The van der Waals surface area contributed by atoms with E-state index in [2.05, 4.69) is 10.6 Å². The van der Waals surface area contributed by atoms with Gasteiger partial charge >= 0.3 is 0 Å². The van der Waals surface area contributed by atoms with E-state index in [0.717, 1.165) is 35.7 Å². The van der Waals surface area contributed by atoms with Crippen LogP contribution in [0.1, 0.15) is 18.4 Å². The molecule has 0 unspecified atom stereocenters. The molecule has 1 aliphatic heterocycles. The third-order valence-electron chi connectivity index (χ3n) is 4.39. The number of hydrogen-bond acceptors (Lipinski definition) is 4. The summed E-state index contributed by atoms with van der Waals surface area (Å²) >= 11 is 0. The minimum atomic E-state index is -0.120. The van der Waals surface area contributed by atoms with E-state index in [0.29, 0.717) is 19.6 Å². The number of benzene rings is 2. The lowest BCUT2D eigenvalue weighted by Gasteiger charge is -2.20. The first-order valence-electron chi connectivity index (χ1n) is 9.23. The van der Waals surface area contributed by atoms with Crippen LogP contribution in [0, 0.1) is 6.92 Å². The van der Waals surface area contributed by atoms with Gasteiger partial charge in [0.25, 0.3) is 0 Å². The molecule has 0 aliphatic carbocycles. The quantitative estimate of drug-likeness (QED) is 0.704. The predicted octanol–water partition coefficient (Wildman–Crippen LogP) is 2.73. The molecule has 1 fully saturated rings. The lowest BCUT2D eigenvalue weighted by Crippen LogP contribution is -2.33. The Labute approximate surface area is 159 Å². The van der Waals surface area contributed by atoms with E-state index in [1.807, 2.05) is 55.5 Å². The largest absolute Gasteiger partial charge is 0.492 e. The molecule has 0 atom stereocenters. The molecule has 1 heterocycles. The molecule has 0 bridgehead atoms. The van der Waals surface area contributed by atoms with E-state index < -0.39 is 0 Å². The van der Waals surface area contributed by atoms with Gasteiger partial charge < -0.3 is 20.3 Å². The number of nitrogens with zero attached hydrogens (tertiary/aromatic N) is 1. The normalized spacial score (nSPS) is 13.5. The van der Waals surface area contributed by atoms with Gasteiger partial charge in [0.2, 0.25) is 11.8 Å². The van der Waals surface area contributed by atoms with Crippen LogP contribution in [0.2, 0.25) is 0 Å². The minimum absolute atomic E-state index is 0.120. The molecule has 1 aliphatic rings. The molecule has 2 aromatic carbocycles. The summed E-state index contributed by atoms with van der Waals surface area (Å²) in [5, 5.41) is 5.96. The molecule has 1 saturated heterocycles. The topological polar surface area (TPSA) is 70.7 Å². The van der Waals surface area contributed by atoms with Crippen molar-refractivity contribution in [3.05, 3.63) is 54.1 Å². The number of ether oxygens (including phenoxy) is 1. The summed E-state index contributed by atoms with van der Waals surface area (Å²) in [6, 6.07) is 15.4. The van der Waals surface area contributed by atoms with Crippen LogP contribution < -0.4 is 20.3 Å². The number of rotatable bonds is 8. The first-order valence-corrected chi connectivity index (χ1v) is 9.23. The number of carbonyl (C=O) groups excluding carboxylic acids is 2. The van der Waals surface area contributed by atoms with Crippen molar-refractivity contribution in [1.29, 1.82) is 0 Å². The minimum Gasteiger partial charge on any atom is -0.492 e. The van der Waals surface area contributed by atoms with Crippen LogP contribution >= 0.6 is 0 Å². The molecule has 2 aromatic rings. The second-order valence-corrected chi connectivity index (χ2v) is 6.53. The van der Waals surface area contributed by atoms with Gasteiger partial charge in [-0.3, -0.25) is 9.59 Å². The fourth-order valence-electron chi connectivity index (χ4n) is 3.06. The summed E-state index contributed by atoms with van der Waals surface area (Å²) in [7, 11) is 0. The van der Waals surface area contributed by atoms with Gasteiger partial charge in [-0.2, -0.15) is 0 Å². The van der Waals surface area contributed by atoms with Gasteiger partial charge in [0.1, 0.15) is 12.4 Å². The summed E-state index contributed by atoms with van der Waals surface area (Å²) in [5.74, 6) is 0.805. The Morgan fingerprint density at radius 3 is 2.81 bits per heavy atom. The number of nitrogens with one attached hydrogen (secondary N) is 2. The standard InChI is InChI=1S/C21H25N3O3/c1-16-6-4-7-17(14-16)27-13-11-22-20(25)15-23-18-8-2-3-9-19(18)24-12-5-10-21(24)26/h2-4,6-9,14,23H,5,10-13,15H2,1H3,(H,22,25). The van der Waals surface area contributed by atoms with Crippen LogP contribution in [-0.2, 0) is 9.59 Å². The van der Waals surface area contributed by atoms with Crippen LogP contribution in [-0.4, -0.2) is 38.1 Å². The number of carbonyl (C=O) groups is 2. The Bertz CT molecular complexity index is 807. The zero-order valence-corrected chi connectivity index (χ0v) is 15.5. The highest BCUT2D eigenvalue weighted by atomic mass is 16.5. The van der Waals surface area contributed by atoms with Crippen LogP contribution in [0.4, 0.5) is 11.4 Å². The van der Waals surface area contributed by atoms with Crippen molar-refractivity contribution in [3.63, 3.8) is 0 Å². The molecular weight excluding hydrogens is 342 g/mol. The maximum atomic E-state index is 12.1. The maximum absolute atomic E-state index is 12.1. The van der Waals surface area contributed by atoms with E-state index in [-0.39, 0.29) is 18.4 Å². The van der Waals surface area contributed by atoms with Crippen molar-refractivity contribution >= 4 is 23.2 Å². The lowest BCUT2D eigenvalue weighted by atomic mass is 10.2. The Kier molecular flexibility index (Phi) is 6.30. The summed E-state index contributed by atoms with van der Waals surface area (Å²) in [6.07, 6.45) is 1.45. The fraction of sp³-hybridized carbons (Fsp3) is 0.333. The Hall–Kier alpha value is -3.02. The molecule has 0 radical (unpaired) electrons. The van der Waals surface area contributed by atoms with Gasteiger partial charge in [-0.25, -0.2) is 0 Å². The monoisotopic (exact) mass is 367 g/mol. The molecule has 2 amide bonds. The molecule has 142 valence electrons. The zero-order chi connectivity index (χ0) is 19.1.